The van der Waals surface area contributed by atoms with E-state index < -0.39 is 23.6 Å². The van der Waals surface area contributed by atoms with Crippen LogP contribution in [0.15, 0.2) is 48.6 Å². The fourth-order valence-corrected chi connectivity index (χ4v) is 5.24. The predicted octanol–water partition coefficient (Wildman–Crippen LogP) is 6.46. The number of aliphatic hydroxyl groups excluding tert-OH is 1. The normalized spacial score (nSPS) is 18.6. The van der Waals surface area contributed by atoms with E-state index in [4.69, 9.17) is 14.2 Å². The third-order valence-electron chi connectivity index (χ3n) is 8.04. The van der Waals surface area contributed by atoms with Gasteiger partial charge in [0, 0.05) is 5.92 Å². The summed E-state index contributed by atoms with van der Waals surface area (Å²) in [5, 5.41) is 19.4. The number of hydrogen-bond acceptors (Lipinski definition) is 7. The van der Waals surface area contributed by atoms with Crippen molar-refractivity contribution in [2.45, 2.75) is 110 Å². The molecule has 0 aromatic heterocycles. The number of carbonyl (C=O) groups is 2. The Hall–Kier alpha value is -2.48. The van der Waals surface area contributed by atoms with Crippen LogP contribution < -0.4 is 0 Å². The van der Waals surface area contributed by atoms with Crippen LogP contribution in [0.5, 0.6) is 0 Å². The highest BCUT2D eigenvalue weighted by molar-refractivity contribution is 5.88. The average molecular weight is 587 g/mol. The Labute approximate surface area is 253 Å². The second kappa shape index (κ2) is 18.2. The van der Waals surface area contributed by atoms with E-state index >= 15 is 0 Å². The fourth-order valence-electron chi connectivity index (χ4n) is 5.24. The van der Waals surface area contributed by atoms with Crippen molar-refractivity contribution in [2.24, 2.45) is 11.8 Å². The first-order chi connectivity index (χ1) is 19.9. The molecule has 1 aliphatic rings. The summed E-state index contributed by atoms with van der Waals surface area (Å²) in [6.07, 6.45) is 10.9. The Morgan fingerprint density at radius 2 is 1.62 bits per heavy atom. The van der Waals surface area contributed by atoms with Gasteiger partial charge >= 0.3 is 11.9 Å². The van der Waals surface area contributed by atoms with Crippen LogP contribution in [0.3, 0.4) is 0 Å². The highest BCUT2D eigenvalue weighted by Gasteiger charge is 2.23. The molecule has 0 saturated heterocycles. The van der Waals surface area contributed by atoms with Crippen molar-refractivity contribution in [3.63, 3.8) is 0 Å². The smallest absolute Gasteiger partial charge is 0.336 e. The van der Waals surface area contributed by atoms with Crippen LogP contribution in [0.25, 0.3) is 0 Å². The van der Waals surface area contributed by atoms with Crippen molar-refractivity contribution >= 4 is 11.9 Å². The highest BCUT2D eigenvalue weighted by atomic mass is 16.6. The maximum Gasteiger partial charge on any atom is 0.336 e. The molecule has 42 heavy (non-hydrogen) atoms. The standard InChI is InChI=1S/C35H54O7/c1-7-8-9-10-28-13-17-31(18-14-28)32-19-15-29(16-20-32)11-12-30(23-42-34(38)26(3)27(4)36)22-41-33(37)25(2)21-40-24-35(5,6)39/h15-16,19-20,27-28,30-31,36,39H,2-3,7-14,17-18,21-24H2,1,4-6H3. The molecular formula is C35H54O7. The minimum atomic E-state index is -1.01. The molecule has 1 aliphatic carbocycles. The first-order valence-corrected chi connectivity index (χ1v) is 15.7. The Balaban J connectivity index is 1.89. The average Bonchev–Trinajstić information content (AvgIpc) is 2.96. The Morgan fingerprint density at radius 3 is 2.19 bits per heavy atom. The van der Waals surface area contributed by atoms with Gasteiger partial charge in [-0.25, -0.2) is 9.59 Å². The first kappa shape index (κ1) is 35.7. The molecule has 1 saturated carbocycles. The molecule has 7 nitrogen and oxygen atoms in total. The van der Waals surface area contributed by atoms with Crippen LogP contribution in [-0.2, 0) is 30.2 Å². The number of unbranched alkanes of at least 4 members (excludes halogenated alkanes) is 2. The molecule has 0 radical (unpaired) electrons. The van der Waals surface area contributed by atoms with Crippen molar-refractivity contribution in [2.75, 3.05) is 26.4 Å². The zero-order chi connectivity index (χ0) is 31.1. The van der Waals surface area contributed by atoms with E-state index in [2.05, 4.69) is 44.3 Å². The zero-order valence-electron chi connectivity index (χ0n) is 26.4. The van der Waals surface area contributed by atoms with E-state index in [-0.39, 0.29) is 43.5 Å². The number of ether oxygens (including phenoxy) is 3. The summed E-state index contributed by atoms with van der Waals surface area (Å²) < 4.78 is 16.2. The Morgan fingerprint density at radius 1 is 1.00 bits per heavy atom. The van der Waals surface area contributed by atoms with Crippen molar-refractivity contribution in [1.82, 2.24) is 0 Å². The molecule has 0 bridgehead atoms. The van der Waals surface area contributed by atoms with Crippen LogP contribution in [0.4, 0.5) is 0 Å². The number of aryl methyl sites for hydroxylation is 1. The zero-order valence-corrected chi connectivity index (χ0v) is 26.4. The second-order valence-corrected chi connectivity index (χ2v) is 12.7. The van der Waals surface area contributed by atoms with Crippen LogP contribution in [0.1, 0.15) is 103 Å². The molecule has 236 valence electrons. The molecule has 2 unspecified atom stereocenters. The lowest BCUT2D eigenvalue weighted by atomic mass is 9.77. The van der Waals surface area contributed by atoms with Gasteiger partial charge in [0.1, 0.15) is 0 Å². The third kappa shape index (κ3) is 13.7. The Kier molecular flexibility index (Phi) is 15.5. The van der Waals surface area contributed by atoms with Gasteiger partial charge in [-0.15, -0.1) is 0 Å². The van der Waals surface area contributed by atoms with Crippen LogP contribution in [0.2, 0.25) is 0 Å². The van der Waals surface area contributed by atoms with E-state index in [0.717, 1.165) is 12.3 Å². The summed E-state index contributed by atoms with van der Waals surface area (Å²) >= 11 is 0. The molecule has 1 aromatic carbocycles. The number of aliphatic hydroxyl groups is 2. The summed E-state index contributed by atoms with van der Waals surface area (Å²) in [6.45, 7) is 14.3. The number of carbonyl (C=O) groups excluding carboxylic acids is 2. The van der Waals surface area contributed by atoms with Gasteiger partial charge in [-0.1, -0.05) is 70.0 Å². The van der Waals surface area contributed by atoms with Gasteiger partial charge in [-0.3, -0.25) is 0 Å². The van der Waals surface area contributed by atoms with Gasteiger partial charge in [0.25, 0.3) is 0 Å². The minimum Gasteiger partial charge on any atom is -0.462 e. The van der Waals surface area contributed by atoms with Gasteiger partial charge in [0.2, 0.25) is 0 Å². The van der Waals surface area contributed by atoms with E-state index in [1.165, 1.54) is 69.4 Å². The molecule has 0 aliphatic heterocycles. The van der Waals surface area contributed by atoms with E-state index in [1.807, 2.05) is 0 Å². The van der Waals surface area contributed by atoms with Crippen LogP contribution in [-0.4, -0.2) is 60.3 Å². The van der Waals surface area contributed by atoms with E-state index in [9.17, 15) is 19.8 Å². The minimum absolute atomic E-state index is 0.0198. The lowest BCUT2D eigenvalue weighted by Gasteiger charge is -2.29. The van der Waals surface area contributed by atoms with E-state index in [1.54, 1.807) is 13.8 Å². The van der Waals surface area contributed by atoms with E-state index in [0.29, 0.717) is 12.3 Å². The monoisotopic (exact) mass is 586 g/mol. The van der Waals surface area contributed by atoms with Crippen molar-refractivity contribution in [1.29, 1.82) is 0 Å². The van der Waals surface area contributed by atoms with Crippen molar-refractivity contribution in [3.05, 3.63) is 59.7 Å². The van der Waals surface area contributed by atoms with Crippen molar-refractivity contribution in [3.8, 4) is 0 Å². The SMILES string of the molecule is C=C(COCC(C)(C)O)C(=O)OCC(CCc1ccc(C2CCC(CCCCC)CC2)cc1)COC(=O)C(=C)C(C)O. The van der Waals surface area contributed by atoms with Gasteiger partial charge in [-0.2, -0.15) is 0 Å². The molecule has 0 amide bonds. The van der Waals surface area contributed by atoms with Gasteiger partial charge in [0.15, 0.2) is 0 Å². The summed E-state index contributed by atoms with van der Waals surface area (Å²) in [7, 11) is 0. The largest absolute Gasteiger partial charge is 0.462 e. The number of benzene rings is 1. The molecule has 1 aromatic rings. The summed E-state index contributed by atoms with van der Waals surface area (Å²) in [4.78, 5) is 24.7. The maximum atomic E-state index is 12.5. The number of hydrogen-bond donors (Lipinski definition) is 2. The summed E-state index contributed by atoms with van der Waals surface area (Å²) in [5.41, 5.74) is 1.69. The molecule has 2 N–H and O–H groups in total. The first-order valence-electron chi connectivity index (χ1n) is 15.7. The lowest BCUT2D eigenvalue weighted by molar-refractivity contribution is -0.145. The lowest BCUT2D eigenvalue weighted by Crippen LogP contribution is -2.27. The van der Waals surface area contributed by atoms with Crippen LogP contribution >= 0.6 is 0 Å². The van der Waals surface area contributed by atoms with Crippen molar-refractivity contribution < 1.29 is 34.0 Å². The molecule has 0 heterocycles. The Bertz CT molecular complexity index is 982. The van der Waals surface area contributed by atoms with Gasteiger partial charge < -0.3 is 24.4 Å². The fraction of sp³-hybridized carbons (Fsp3) is 0.657. The second-order valence-electron chi connectivity index (χ2n) is 12.7. The molecule has 1 fully saturated rings. The maximum absolute atomic E-state index is 12.5. The molecule has 2 rings (SSSR count). The summed E-state index contributed by atoms with van der Waals surface area (Å²) in [6, 6.07) is 8.84. The molecule has 0 spiro atoms. The number of rotatable bonds is 19. The molecular weight excluding hydrogens is 532 g/mol. The van der Waals surface area contributed by atoms with Gasteiger partial charge in [0.05, 0.1) is 49.3 Å². The highest BCUT2D eigenvalue weighted by Crippen LogP contribution is 2.37. The summed E-state index contributed by atoms with van der Waals surface area (Å²) in [5.74, 6) is 0.000453. The third-order valence-corrected chi connectivity index (χ3v) is 8.04. The van der Waals surface area contributed by atoms with Gasteiger partial charge in [-0.05, 0) is 82.3 Å². The van der Waals surface area contributed by atoms with Crippen LogP contribution in [0, 0.1) is 11.8 Å². The topological polar surface area (TPSA) is 102 Å². The quantitative estimate of drug-likeness (QED) is 0.109. The molecule has 2 atom stereocenters. The molecule has 7 heteroatoms. The number of esters is 2. The predicted molar refractivity (Wildman–Crippen MR) is 166 cm³/mol.